The molecule has 0 aliphatic carbocycles. The number of benzene rings is 1. The fourth-order valence-electron chi connectivity index (χ4n) is 0.935. The van der Waals surface area contributed by atoms with Crippen LogP contribution in [-0.2, 0) is 0 Å². The topological polar surface area (TPSA) is 50.7 Å². The lowest BCUT2D eigenvalue weighted by Gasteiger charge is -2.00. The zero-order valence-corrected chi connectivity index (χ0v) is 12.5. The number of halogens is 3. The Labute approximate surface area is 122 Å². The SMILES string of the molecule is CN=C(N)CN=Cc1c(Cl)cccc1Cl.I. The van der Waals surface area contributed by atoms with Gasteiger partial charge in [-0.3, -0.25) is 9.98 Å². The van der Waals surface area contributed by atoms with Crippen molar-refractivity contribution in [2.45, 2.75) is 0 Å². The molecule has 0 unspecified atom stereocenters. The summed E-state index contributed by atoms with van der Waals surface area (Å²) in [5, 5.41) is 1.14. The molecule has 1 rings (SSSR count). The van der Waals surface area contributed by atoms with Gasteiger partial charge in [-0.1, -0.05) is 29.3 Å². The van der Waals surface area contributed by atoms with Gasteiger partial charge in [-0.2, -0.15) is 0 Å². The van der Waals surface area contributed by atoms with Crippen LogP contribution in [0.15, 0.2) is 28.2 Å². The monoisotopic (exact) mass is 371 g/mol. The molecule has 0 fully saturated rings. The summed E-state index contributed by atoms with van der Waals surface area (Å²) in [5.74, 6) is 0.467. The molecule has 16 heavy (non-hydrogen) atoms. The minimum absolute atomic E-state index is 0. The van der Waals surface area contributed by atoms with E-state index in [1.165, 1.54) is 0 Å². The molecule has 0 spiro atoms. The molecule has 0 aliphatic heterocycles. The average Bonchev–Trinajstić information content (AvgIpc) is 2.22. The van der Waals surface area contributed by atoms with E-state index in [-0.39, 0.29) is 24.0 Å². The van der Waals surface area contributed by atoms with E-state index in [0.29, 0.717) is 28.0 Å². The highest BCUT2D eigenvalue weighted by atomic mass is 127. The number of nitrogens with two attached hydrogens (primary N) is 1. The normalized spacial score (nSPS) is 11.6. The van der Waals surface area contributed by atoms with Gasteiger partial charge in [-0.05, 0) is 12.1 Å². The second-order valence-electron chi connectivity index (χ2n) is 2.82. The molecule has 0 aliphatic rings. The van der Waals surface area contributed by atoms with Gasteiger partial charge in [0.2, 0.25) is 0 Å². The molecule has 0 radical (unpaired) electrons. The summed E-state index contributed by atoms with van der Waals surface area (Å²) in [7, 11) is 1.62. The van der Waals surface area contributed by atoms with Gasteiger partial charge in [0.25, 0.3) is 0 Å². The van der Waals surface area contributed by atoms with Gasteiger partial charge >= 0.3 is 0 Å². The first-order valence-corrected chi connectivity index (χ1v) is 5.05. The molecule has 0 saturated carbocycles. The largest absolute Gasteiger partial charge is 0.386 e. The molecule has 0 amide bonds. The average molecular weight is 372 g/mol. The Morgan fingerprint density at radius 2 is 1.94 bits per heavy atom. The first-order chi connectivity index (χ1) is 7.15. The first-order valence-electron chi connectivity index (χ1n) is 4.30. The van der Waals surface area contributed by atoms with Crippen LogP contribution >= 0.6 is 47.2 Å². The van der Waals surface area contributed by atoms with Gasteiger partial charge in [-0.25, -0.2) is 0 Å². The summed E-state index contributed by atoms with van der Waals surface area (Å²) in [6.45, 7) is 0.345. The van der Waals surface area contributed by atoms with Gasteiger partial charge in [0.15, 0.2) is 0 Å². The summed E-state index contributed by atoms with van der Waals surface area (Å²) in [5.41, 5.74) is 6.18. The lowest BCUT2D eigenvalue weighted by atomic mass is 10.2. The third-order valence-corrected chi connectivity index (χ3v) is 2.42. The fraction of sp³-hybridized carbons (Fsp3) is 0.200. The fourth-order valence-corrected chi connectivity index (χ4v) is 1.43. The van der Waals surface area contributed by atoms with Gasteiger partial charge in [0.1, 0.15) is 5.84 Å². The Morgan fingerprint density at radius 3 is 2.44 bits per heavy atom. The molecular formula is C10H12Cl2IN3. The van der Waals surface area contributed by atoms with Crippen molar-refractivity contribution in [2.75, 3.05) is 13.6 Å². The Bertz CT molecular complexity index is 385. The Balaban J connectivity index is 0.00000225. The predicted octanol–water partition coefficient (Wildman–Crippen LogP) is 3.02. The summed E-state index contributed by atoms with van der Waals surface area (Å²) in [4.78, 5) is 7.86. The standard InChI is InChI=1S/C10H11Cl2N3.HI/c1-14-10(13)6-15-5-7-8(11)3-2-4-9(7)12;/h2-5H,6H2,1H3,(H2,13,14);1H. The quantitative estimate of drug-likeness (QED) is 0.495. The van der Waals surface area contributed by atoms with E-state index in [0.717, 1.165) is 0 Å². The zero-order valence-electron chi connectivity index (χ0n) is 8.65. The van der Waals surface area contributed by atoms with Gasteiger partial charge < -0.3 is 5.73 Å². The van der Waals surface area contributed by atoms with Crippen LogP contribution in [0.1, 0.15) is 5.56 Å². The maximum atomic E-state index is 5.94. The van der Waals surface area contributed by atoms with Gasteiger partial charge in [0, 0.05) is 18.8 Å². The molecule has 1 aromatic rings. The third kappa shape index (κ3) is 4.67. The summed E-state index contributed by atoms with van der Waals surface area (Å²) in [6.07, 6.45) is 1.60. The third-order valence-electron chi connectivity index (χ3n) is 1.76. The van der Waals surface area contributed by atoms with Crippen LogP contribution < -0.4 is 5.73 Å². The lowest BCUT2D eigenvalue weighted by Crippen LogP contribution is -2.15. The van der Waals surface area contributed by atoms with Crippen LogP contribution in [-0.4, -0.2) is 25.6 Å². The number of hydrogen-bond acceptors (Lipinski definition) is 2. The highest BCUT2D eigenvalue weighted by molar-refractivity contribution is 14.0. The van der Waals surface area contributed by atoms with Crippen molar-refractivity contribution in [3.05, 3.63) is 33.8 Å². The van der Waals surface area contributed by atoms with Crippen LogP contribution in [0.25, 0.3) is 0 Å². The second kappa shape index (κ2) is 7.86. The molecule has 0 saturated heterocycles. The molecule has 0 aromatic heterocycles. The Hall–Kier alpha value is -0.330. The first kappa shape index (κ1) is 15.7. The minimum Gasteiger partial charge on any atom is -0.386 e. The number of hydrogen-bond donors (Lipinski definition) is 1. The van der Waals surface area contributed by atoms with Crippen molar-refractivity contribution >= 4 is 59.2 Å². The molecule has 0 atom stereocenters. The molecule has 2 N–H and O–H groups in total. The minimum atomic E-state index is 0. The Kier molecular flexibility index (Phi) is 7.70. The number of aliphatic imine (C=N–C) groups is 2. The van der Waals surface area contributed by atoms with Crippen LogP contribution in [0.2, 0.25) is 10.0 Å². The van der Waals surface area contributed by atoms with E-state index in [4.69, 9.17) is 28.9 Å². The second-order valence-corrected chi connectivity index (χ2v) is 3.63. The van der Waals surface area contributed by atoms with E-state index >= 15 is 0 Å². The van der Waals surface area contributed by atoms with E-state index in [1.807, 2.05) is 0 Å². The van der Waals surface area contributed by atoms with Crippen LogP contribution in [0, 0.1) is 0 Å². The van der Waals surface area contributed by atoms with Crippen molar-refractivity contribution in [3.8, 4) is 0 Å². The van der Waals surface area contributed by atoms with Crippen molar-refractivity contribution in [1.29, 1.82) is 0 Å². The van der Waals surface area contributed by atoms with E-state index in [2.05, 4.69) is 9.98 Å². The molecule has 0 heterocycles. The van der Waals surface area contributed by atoms with Gasteiger partial charge in [-0.15, -0.1) is 24.0 Å². The molecule has 3 nitrogen and oxygen atoms in total. The molecule has 6 heteroatoms. The summed E-state index contributed by atoms with van der Waals surface area (Å²) >= 11 is 11.9. The molecular weight excluding hydrogens is 360 g/mol. The molecule has 0 bridgehead atoms. The molecule has 1 aromatic carbocycles. The number of rotatable bonds is 3. The van der Waals surface area contributed by atoms with Gasteiger partial charge in [0.05, 0.1) is 16.6 Å². The predicted molar refractivity (Wildman–Crippen MR) is 81.9 cm³/mol. The summed E-state index contributed by atoms with van der Waals surface area (Å²) < 4.78 is 0. The smallest absolute Gasteiger partial charge is 0.115 e. The number of nitrogens with zero attached hydrogens (tertiary/aromatic N) is 2. The van der Waals surface area contributed by atoms with Crippen molar-refractivity contribution in [3.63, 3.8) is 0 Å². The van der Waals surface area contributed by atoms with Crippen LogP contribution in [0.4, 0.5) is 0 Å². The maximum absolute atomic E-state index is 5.94. The van der Waals surface area contributed by atoms with Crippen LogP contribution in [0.5, 0.6) is 0 Å². The van der Waals surface area contributed by atoms with Crippen LogP contribution in [0.3, 0.4) is 0 Å². The summed E-state index contributed by atoms with van der Waals surface area (Å²) in [6, 6.07) is 5.29. The lowest BCUT2D eigenvalue weighted by molar-refractivity contribution is 1.24. The maximum Gasteiger partial charge on any atom is 0.115 e. The zero-order chi connectivity index (χ0) is 11.3. The van der Waals surface area contributed by atoms with Crippen molar-refractivity contribution in [1.82, 2.24) is 0 Å². The highest BCUT2D eigenvalue weighted by Gasteiger charge is 2.01. The van der Waals surface area contributed by atoms with E-state index < -0.39 is 0 Å². The van der Waals surface area contributed by atoms with Crippen molar-refractivity contribution in [2.24, 2.45) is 15.7 Å². The van der Waals surface area contributed by atoms with E-state index in [1.54, 1.807) is 31.5 Å². The molecule has 88 valence electrons. The van der Waals surface area contributed by atoms with E-state index in [9.17, 15) is 0 Å². The number of amidine groups is 1. The van der Waals surface area contributed by atoms with Crippen molar-refractivity contribution < 1.29 is 0 Å². The Morgan fingerprint density at radius 1 is 1.38 bits per heavy atom. The highest BCUT2D eigenvalue weighted by Crippen LogP contribution is 2.21.